The number of carbonyl (C=O) groups is 1. The number of nitrogens with zero attached hydrogens (tertiary/aromatic N) is 2. The highest BCUT2D eigenvalue weighted by Gasteiger charge is 2.08. The summed E-state index contributed by atoms with van der Waals surface area (Å²) in [6.07, 6.45) is 0. The Morgan fingerprint density at radius 1 is 1.23 bits per heavy atom. The van der Waals surface area contributed by atoms with Gasteiger partial charge in [-0.1, -0.05) is 29.8 Å². The van der Waals surface area contributed by atoms with E-state index in [9.17, 15) is 9.18 Å². The fourth-order valence-electron chi connectivity index (χ4n) is 2.57. The van der Waals surface area contributed by atoms with Gasteiger partial charge in [-0.25, -0.2) is 9.07 Å². The van der Waals surface area contributed by atoms with Gasteiger partial charge in [-0.3, -0.25) is 4.79 Å². The molecule has 3 aromatic rings. The number of halogens is 2. The van der Waals surface area contributed by atoms with E-state index in [1.54, 1.807) is 22.9 Å². The van der Waals surface area contributed by atoms with Crippen molar-refractivity contribution in [3.05, 3.63) is 81.8 Å². The van der Waals surface area contributed by atoms with Crippen molar-refractivity contribution >= 4 is 23.3 Å². The van der Waals surface area contributed by atoms with Crippen LogP contribution in [-0.2, 0) is 13.1 Å². The van der Waals surface area contributed by atoms with Crippen LogP contribution < -0.4 is 11.1 Å². The molecule has 7 heteroatoms. The highest BCUT2D eigenvalue weighted by atomic mass is 35.5. The number of nitrogens with one attached hydrogen (secondary N) is 1. The van der Waals surface area contributed by atoms with Gasteiger partial charge >= 0.3 is 0 Å². The highest BCUT2D eigenvalue weighted by molar-refractivity contribution is 6.31. The minimum absolute atomic E-state index is 0.225. The minimum atomic E-state index is -0.409. The van der Waals surface area contributed by atoms with Crippen LogP contribution in [0.2, 0.25) is 5.02 Å². The predicted octanol–water partition coefficient (Wildman–Crippen LogP) is 3.54. The van der Waals surface area contributed by atoms with E-state index in [-0.39, 0.29) is 17.5 Å². The lowest BCUT2D eigenvalue weighted by Gasteiger charge is -2.08. The SMILES string of the molecule is Cc1cc(N)n(Cc2ccc(C(=O)NCc3ccc(F)cc3Cl)cc2)n1. The number of amides is 1. The quantitative estimate of drug-likeness (QED) is 0.719. The summed E-state index contributed by atoms with van der Waals surface area (Å²) in [5, 5.41) is 7.37. The molecule has 3 rings (SSSR count). The second kappa shape index (κ2) is 7.58. The summed E-state index contributed by atoms with van der Waals surface area (Å²) < 4.78 is 14.8. The number of rotatable bonds is 5. The van der Waals surface area contributed by atoms with E-state index in [2.05, 4.69) is 10.4 Å². The lowest BCUT2D eigenvalue weighted by Crippen LogP contribution is -2.23. The molecule has 1 amide bonds. The van der Waals surface area contributed by atoms with Crippen LogP contribution in [0, 0.1) is 12.7 Å². The molecule has 0 unspecified atom stereocenters. The summed E-state index contributed by atoms with van der Waals surface area (Å²) in [6.45, 7) is 2.64. The number of anilines is 1. The maximum atomic E-state index is 13.0. The average Bonchev–Trinajstić information content (AvgIpc) is 2.91. The van der Waals surface area contributed by atoms with Gasteiger partial charge in [-0.05, 0) is 42.3 Å². The van der Waals surface area contributed by atoms with Gasteiger partial charge in [0.05, 0.1) is 12.2 Å². The van der Waals surface area contributed by atoms with E-state index >= 15 is 0 Å². The smallest absolute Gasteiger partial charge is 0.251 e. The Hall–Kier alpha value is -2.86. The van der Waals surface area contributed by atoms with Crippen molar-refractivity contribution in [3.63, 3.8) is 0 Å². The van der Waals surface area contributed by atoms with E-state index in [0.29, 0.717) is 23.5 Å². The van der Waals surface area contributed by atoms with Crippen LogP contribution in [0.5, 0.6) is 0 Å². The summed E-state index contributed by atoms with van der Waals surface area (Å²) in [5.74, 6) is -0.0411. The molecule has 0 saturated heterocycles. The fourth-order valence-corrected chi connectivity index (χ4v) is 2.80. The maximum absolute atomic E-state index is 13.0. The van der Waals surface area contributed by atoms with E-state index < -0.39 is 5.82 Å². The van der Waals surface area contributed by atoms with Crippen molar-refractivity contribution in [3.8, 4) is 0 Å². The van der Waals surface area contributed by atoms with Crippen molar-refractivity contribution in [1.82, 2.24) is 15.1 Å². The Balaban J connectivity index is 1.62. The number of nitrogens with two attached hydrogens (primary N) is 1. The van der Waals surface area contributed by atoms with Gasteiger partial charge in [0.1, 0.15) is 11.6 Å². The fraction of sp³-hybridized carbons (Fsp3) is 0.158. The van der Waals surface area contributed by atoms with Gasteiger partial charge < -0.3 is 11.1 Å². The van der Waals surface area contributed by atoms with Crippen molar-refractivity contribution < 1.29 is 9.18 Å². The first-order valence-electron chi connectivity index (χ1n) is 8.03. The van der Waals surface area contributed by atoms with Crippen LogP contribution in [-0.4, -0.2) is 15.7 Å². The Bertz CT molecular complexity index is 937. The third-order valence-corrected chi connectivity index (χ3v) is 4.29. The van der Waals surface area contributed by atoms with Gasteiger partial charge in [0, 0.05) is 23.2 Å². The lowest BCUT2D eigenvalue weighted by atomic mass is 10.1. The zero-order chi connectivity index (χ0) is 18.7. The van der Waals surface area contributed by atoms with Crippen LogP contribution in [0.15, 0.2) is 48.5 Å². The third-order valence-electron chi connectivity index (χ3n) is 3.94. The van der Waals surface area contributed by atoms with Crippen LogP contribution in [0.4, 0.5) is 10.2 Å². The molecule has 0 bridgehead atoms. The van der Waals surface area contributed by atoms with E-state index in [4.69, 9.17) is 17.3 Å². The number of aryl methyl sites for hydroxylation is 1. The highest BCUT2D eigenvalue weighted by Crippen LogP contribution is 2.17. The molecule has 0 aliphatic heterocycles. The van der Waals surface area contributed by atoms with Crippen molar-refractivity contribution in [2.24, 2.45) is 0 Å². The van der Waals surface area contributed by atoms with Gasteiger partial charge in [-0.2, -0.15) is 5.10 Å². The summed E-state index contributed by atoms with van der Waals surface area (Å²) >= 11 is 5.96. The van der Waals surface area contributed by atoms with Crippen molar-refractivity contribution in [2.45, 2.75) is 20.0 Å². The monoisotopic (exact) mass is 372 g/mol. The summed E-state index contributed by atoms with van der Waals surface area (Å²) in [7, 11) is 0. The number of aromatic nitrogens is 2. The first-order chi connectivity index (χ1) is 12.4. The van der Waals surface area contributed by atoms with Gasteiger partial charge in [0.2, 0.25) is 0 Å². The Morgan fingerprint density at radius 3 is 2.58 bits per heavy atom. The molecule has 0 fully saturated rings. The molecule has 26 heavy (non-hydrogen) atoms. The number of carbonyl (C=O) groups excluding carboxylic acids is 1. The lowest BCUT2D eigenvalue weighted by molar-refractivity contribution is 0.0951. The Morgan fingerprint density at radius 2 is 1.96 bits per heavy atom. The molecule has 3 N–H and O–H groups in total. The number of benzene rings is 2. The topological polar surface area (TPSA) is 72.9 Å². The number of hydrogen-bond donors (Lipinski definition) is 2. The maximum Gasteiger partial charge on any atom is 0.251 e. The third kappa shape index (κ3) is 4.21. The van der Waals surface area contributed by atoms with Gasteiger partial charge in [0.25, 0.3) is 5.91 Å². The van der Waals surface area contributed by atoms with Crippen molar-refractivity contribution in [2.75, 3.05) is 5.73 Å². The van der Waals surface area contributed by atoms with Gasteiger partial charge in [-0.15, -0.1) is 0 Å². The molecule has 1 heterocycles. The Labute approximate surface area is 155 Å². The first-order valence-corrected chi connectivity index (χ1v) is 8.41. The Kier molecular flexibility index (Phi) is 5.23. The van der Waals surface area contributed by atoms with Crippen LogP contribution in [0.25, 0.3) is 0 Å². The molecule has 134 valence electrons. The molecule has 0 radical (unpaired) electrons. The molecule has 0 aliphatic carbocycles. The van der Waals surface area contributed by atoms with Gasteiger partial charge in [0.15, 0.2) is 0 Å². The van der Waals surface area contributed by atoms with Crippen LogP contribution >= 0.6 is 11.6 Å². The van der Waals surface area contributed by atoms with E-state index in [1.807, 2.05) is 25.1 Å². The largest absolute Gasteiger partial charge is 0.384 e. The molecular weight excluding hydrogens is 355 g/mol. The van der Waals surface area contributed by atoms with E-state index in [1.165, 1.54) is 12.1 Å². The summed E-state index contributed by atoms with van der Waals surface area (Å²) in [5.41, 5.74) is 8.91. The number of hydrogen-bond acceptors (Lipinski definition) is 3. The molecule has 0 aliphatic rings. The van der Waals surface area contributed by atoms with Crippen molar-refractivity contribution in [1.29, 1.82) is 0 Å². The molecule has 0 saturated carbocycles. The predicted molar refractivity (Wildman–Crippen MR) is 99.5 cm³/mol. The second-order valence-electron chi connectivity index (χ2n) is 5.98. The molecular formula is C19H18ClFN4O. The zero-order valence-corrected chi connectivity index (χ0v) is 14.9. The molecule has 1 aromatic heterocycles. The molecule has 2 aromatic carbocycles. The molecule has 5 nitrogen and oxygen atoms in total. The standard InChI is InChI=1S/C19H18ClFN4O/c1-12-8-18(22)25(24-12)11-13-2-4-14(5-3-13)19(26)23-10-15-6-7-16(21)9-17(15)20/h2-9H,10-11,22H2,1H3,(H,23,26). The van der Waals surface area contributed by atoms with Crippen LogP contribution in [0.1, 0.15) is 27.2 Å². The van der Waals surface area contributed by atoms with Crippen LogP contribution in [0.3, 0.4) is 0 Å². The molecule has 0 spiro atoms. The molecule has 0 atom stereocenters. The van der Waals surface area contributed by atoms with E-state index in [0.717, 1.165) is 11.3 Å². The summed E-state index contributed by atoms with van der Waals surface area (Å²) in [6, 6.07) is 13.1. The first kappa shape index (κ1) is 17.9. The second-order valence-corrected chi connectivity index (χ2v) is 6.39. The average molecular weight is 373 g/mol. The normalized spacial score (nSPS) is 10.7. The summed E-state index contributed by atoms with van der Waals surface area (Å²) in [4.78, 5) is 12.3. The number of nitrogen functional groups attached to an aromatic ring is 1. The minimum Gasteiger partial charge on any atom is -0.384 e. The zero-order valence-electron chi connectivity index (χ0n) is 14.2.